The third kappa shape index (κ3) is 4.19. The molecular formula is C17H18N2O3. The maximum Gasteiger partial charge on any atom is 0.331 e. The summed E-state index contributed by atoms with van der Waals surface area (Å²) in [5.74, 6) is -0.693. The molecule has 0 aromatic heterocycles. The van der Waals surface area contributed by atoms with Gasteiger partial charge in [0.2, 0.25) is 0 Å². The van der Waals surface area contributed by atoms with E-state index in [-0.39, 0.29) is 5.91 Å². The second-order valence-electron chi connectivity index (χ2n) is 5.18. The molecule has 1 aromatic rings. The summed E-state index contributed by atoms with van der Waals surface area (Å²) < 4.78 is 5.12. The number of ether oxygens (including phenoxy) is 1. The van der Waals surface area contributed by atoms with Gasteiger partial charge < -0.3 is 9.64 Å². The third-order valence-corrected chi connectivity index (χ3v) is 3.51. The molecule has 5 heteroatoms. The molecule has 0 unspecified atom stereocenters. The quantitative estimate of drug-likeness (QED) is 0.630. The third-order valence-electron chi connectivity index (χ3n) is 3.51. The number of nitrogens with zero attached hydrogens (tertiary/aromatic N) is 2. The van der Waals surface area contributed by atoms with Crippen LogP contribution < -0.4 is 0 Å². The first-order valence-corrected chi connectivity index (χ1v) is 7.28. The lowest BCUT2D eigenvalue weighted by Crippen LogP contribution is -2.37. The number of nitriles is 1. The monoisotopic (exact) mass is 298 g/mol. The Labute approximate surface area is 129 Å². The van der Waals surface area contributed by atoms with Gasteiger partial charge in [-0.2, -0.15) is 5.26 Å². The van der Waals surface area contributed by atoms with Crippen molar-refractivity contribution in [3.8, 4) is 6.07 Å². The number of hydrogen-bond acceptors (Lipinski definition) is 4. The van der Waals surface area contributed by atoms with E-state index in [9.17, 15) is 9.59 Å². The van der Waals surface area contributed by atoms with Crippen LogP contribution in [0.4, 0.5) is 0 Å². The molecule has 0 spiro atoms. The minimum Gasteiger partial charge on any atom is -0.449 e. The van der Waals surface area contributed by atoms with Crippen LogP contribution >= 0.6 is 0 Å². The summed E-state index contributed by atoms with van der Waals surface area (Å²) in [5, 5.41) is 8.71. The first-order valence-electron chi connectivity index (χ1n) is 7.28. The molecule has 2 rings (SSSR count). The molecule has 114 valence electrons. The van der Waals surface area contributed by atoms with E-state index < -0.39 is 12.1 Å². The summed E-state index contributed by atoms with van der Waals surface area (Å²) in [7, 11) is 0. The second-order valence-corrected chi connectivity index (χ2v) is 5.18. The lowest BCUT2D eigenvalue weighted by molar-refractivity contribution is -0.154. The second kappa shape index (κ2) is 7.41. The summed E-state index contributed by atoms with van der Waals surface area (Å²) in [6.07, 6.45) is 4.12. The van der Waals surface area contributed by atoms with Crippen molar-refractivity contribution in [3.63, 3.8) is 0 Å². The smallest absolute Gasteiger partial charge is 0.331 e. The first-order chi connectivity index (χ1) is 10.6. The first kappa shape index (κ1) is 15.8. The van der Waals surface area contributed by atoms with E-state index in [1.54, 1.807) is 42.2 Å². The lowest BCUT2D eigenvalue weighted by Gasteiger charge is -2.19. The molecule has 0 aliphatic carbocycles. The van der Waals surface area contributed by atoms with E-state index >= 15 is 0 Å². The Morgan fingerprint density at radius 3 is 2.50 bits per heavy atom. The molecule has 1 aliphatic heterocycles. The van der Waals surface area contributed by atoms with Crippen LogP contribution in [-0.2, 0) is 14.3 Å². The fourth-order valence-corrected chi connectivity index (χ4v) is 2.29. The van der Waals surface area contributed by atoms with Gasteiger partial charge in [-0.05, 0) is 43.5 Å². The molecule has 1 amide bonds. The molecule has 0 N–H and O–H groups in total. The van der Waals surface area contributed by atoms with Gasteiger partial charge in [0.25, 0.3) is 5.91 Å². The number of benzene rings is 1. The SMILES string of the molecule is C[C@H](OC(=O)/C=C/c1ccc(C#N)cc1)C(=O)N1CCCC1. The van der Waals surface area contributed by atoms with E-state index in [1.807, 2.05) is 6.07 Å². The van der Waals surface area contributed by atoms with Crippen molar-refractivity contribution in [2.24, 2.45) is 0 Å². The van der Waals surface area contributed by atoms with Crippen LogP contribution in [0.15, 0.2) is 30.3 Å². The highest BCUT2D eigenvalue weighted by molar-refractivity contribution is 5.90. The number of amides is 1. The molecule has 1 aromatic carbocycles. The topological polar surface area (TPSA) is 70.4 Å². The van der Waals surface area contributed by atoms with Crippen LogP contribution in [0.3, 0.4) is 0 Å². The fraction of sp³-hybridized carbons (Fsp3) is 0.353. The van der Waals surface area contributed by atoms with Gasteiger partial charge in [-0.1, -0.05) is 12.1 Å². The van der Waals surface area contributed by atoms with Crippen LogP contribution in [0, 0.1) is 11.3 Å². The highest BCUT2D eigenvalue weighted by atomic mass is 16.5. The molecule has 5 nitrogen and oxygen atoms in total. The molecule has 1 heterocycles. The van der Waals surface area contributed by atoms with Gasteiger partial charge in [-0.3, -0.25) is 4.79 Å². The molecule has 0 bridgehead atoms. The maximum atomic E-state index is 12.0. The Kier molecular flexibility index (Phi) is 5.31. The largest absolute Gasteiger partial charge is 0.449 e. The summed E-state index contributed by atoms with van der Waals surface area (Å²) in [4.78, 5) is 25.5. The minimum absolute atomic E-state index is 0.141. The van der Waals surface area contributed by atoms with Gasteiger partial charge in [0.05, 0.1) is 11.6 Å². The standard InChI is InChI=1S/C17H18N2O3/c1-13(17(21)19-10-2-3-11-19)22-16(20)9-8-14-4-6-15(12-18)7-5-14/h4-9,13H,2-3,10-11H2,1H3/b9-8+/t13-/m0/s1. The van der Waals surface area contributed by atoms with Crippen molar-refractivity contribution >= 4 is 18.0 Å². The highest BCUT2D eigenvalue weighted by Crippen LogP contribution is 2.11. The molecule has 22 heavy (non-hydrogen) atoms. The number of carbonyl (C=O) groups excluding carboxylic acids is 2. The van der Waals surface area contributed by atoms with E-state index in [0.717, 1.165) is 31.5 Å². The van der Waals surface area contributed by atoms with Crippen molar-refractivity contribution in [1.29, 1.82) is 5.26 Å². The zero-order valence-electron chi connectivity index (χ0n) is 12.5. The van der Waals surface area contributed by atoms with E-state index in [4.69, 9.17) is 10.00 Å². The number of rotatable bonds is 4. The van der Waals surface area contributed by atoms with Crippen molar-refractivity contribution in [2.45, 2.75) is 25.9 Å². The average Bonchev–Trinajstić information content (AvgIpc) is 3.07. The van der Waals surface area contributed by atoms with Crippen molar-refractivity contribution < 1.29 is 14.3 Å². The fourth-order valence-electron chi connectivity index (χ4n) is 2.29. The molecule has 0 radical (unpaired) electrons. The van der Waals surface area contributed by atoms with Crippen LogP contribution in [0.2, 0.25) is 0 Å². The number of esters is 1. The normalized spacial score (nSPS) is 15.5. The zero-order valence-corrected chi connectivity index (χ0v) is 12.5. The summed E-state index contributed by atoms with van der Waals surface area (Å²) in [5.41, 5.74) is 1.35. The molecule has 0 saturated carbocycles. The predicted molar refractivity (Wildman–Crippen MR) is 81.6 cm³/mol. The van der Waals surface area contributed by atoms with E-state index in [1.165, 1.54) is 6.08 Å². The molecule has 1 aliphatic rings. The summed E-state index contributed by atoms with van der Waals surface area (Å²) >= 11 is 0. The van der Waals surface area contributed by atoms with Crippen LogP contribution in [0.25, 0.3) is 6.08 Å². The highest BCUT2D eigenvalue weighted by Gasteiger charge is 2.25. The number of hydrogen-bond donors (Lipinski definition) is 0. The Morgan fingerprint density at radius 1 is 1.27 bits per heavy atom. The minimum atomic E-state index is -0.767. The van der Waals surface area contributed by atoms with Gasteiger partial charge in [0.15, 0.2) is 6.10 Å². The van der Waals surface area contributed by atoms with Crippen LogP contribution in [0.1, 0.15) is 30.9 Å². The average molecular weight is 298 g/mol. The van der Waals surface area contributed by atoms with Gasteiger partial charge in [0, 0.05) is 19.2 Å². The molecule has 1 atom stereocenters. The Bertz CT molecular complexity index is 608. The Hall–Kier alpha value is -2.61. The number of likely N-dealkylation sites (tertiary alicyclic amines) is 1. The van der Waals surface area contributed by atoms with Gasteiger partial charge in [-0.15, -0.1) is 0 Å². The summed E-state index contributed by atoms with van der Waals surface area (Å²) in [6, 6.07) is 8.84. The molecular weight excluding hydrogens is 280 g/mol. The van der Waals surface area contributed by atoms with E-state index in [2.05, 4.69) is 0 Å². The van der Waals surface area contributed by atoms with Crippen molar-refractivity contribution in [1.82, 2.24) is 4.90 Å². The Balaban J connectivity index is 1.87. The Morgan fingerprint density at radius 2 is 1.91 bits per heavy atom. The number of carbonyl (C=O) groups is 2. The van der Waals surface area contributed by atoms with Gasteiger partial charge >= 0.3 is 5.97 Å². The molecule has 1 saturated heterocycles. The maximum absolute atomic E-state index is 12.0. The molecule has 1 fully saturated rings. The van der Waals surface area contributed by atoms with Crippen LogP contribution in [0.5, 0.6) is 0 Å². The van der Waals surface area contributed by atoms with Crippen LogP contribution in [-0.4, -0.2) is 36.0 Å². The van der Waals surface area contributed by atoms with E-state index in [0.29, 0.717) is 5.56 Å². The van der Waals surface area contributed by atoms with Gasteiger partial charge in [0.1, 0.15) is 0 Å². The predicted octanol–water partition coefficient (Wildman–Crippen LogP) is 2.13. The van der Waals surface area contributed by atoms with Gasteiger partial charge in [-0.25, -0.2) is 4.79 Å². The van der Waals surface area contributed by atoms with Crippen molar-refractivity contribution in [2.75, 3.05) is 13.1 Å². The summed E-state index contributed by atoms with van der Waals surface area (Å²) in [6.45, 7) is 3.07. The zero-order chi connectivity index (χ0) is 15.9. The lowest BCUT2D eigenvalue weighted by atomic mass is 10.1. The van der Waals surface area contributed by atoms with Crippen molar-refractivity contribution in [3.05, 3.63) is 41.5 Å².